The number of aliphatic hydroxyl groups excluding tert-OH is 1. The SMILES string of the molecule is C[C@]12CCC[C@@H]1[C@@H]1CC[C@H]3C[C@H](O)CC[C@]3(C)[C@H]1CC2. The van der Waals surface area contributed by atoms with Gasteiger partial charge in [-0.05, 0) is 92.3 Å². The smallest absolute Gasteiger partial charge is 0.0543 e. The summed E-state index contributed by atoms with van der Waals surface area (Å²) in [6.45, 7) is 5.19. The lowest BCUT2D eigenvalue weighted by atomic mass is 9.45. The van der Waals surface area contributed by atoms with Crippen LogP contribution in [0.2, 0.25) is 0 Å². The standard InChI is InChI=1S/C19H32O/c1-18-9-3-4-16(18)15-6-5-13-12-14(20)7-11-19(13,2)17(15)8-10-18/h13-17,20H,3-12H2,1-2H3/t13-,14+,15-,16+,17-,18+,19-/m0/s1. The number of hydrogen-bond donors (Lipinski definition) is 1. The van der Waals surface area contributed by atoms with Crippen molar-refractivity contribution in [3.05, 3.63) is 0 Å². The van der Waals surface area contributed by atoms with Gasteiger partial charge in [0, 0.05) is 0 Å². The first-order valence-corrected chi connectivity index (χ1v) is 9.21. The fraction of sp³-hybridized carbons (Fsp3) is 1.00. The zero-order valence-electron chi connectivity index (χ0n) is 13.4. The van der Waals surface area contributed by atoms with Gasteiger partial charge >= 0.3 is 0 Å². The molecule has 1 N–H and O–H groups in total. The average molecular weight is 276 g/mol. The predicted molar refractivity (Wildman–Crippen MR) is 82.4 cm³/mol. The normalized spacial score (nSPS) is 58.6. The highest BCUT2D eigenvalue weighted by Crippen LogP contribution is 2.66. The molecule has 0 aliphatic heterocycles. The molecular weight excluding hydrogens is 244 g/mol. The van der Waals surface area contributed by atoms with Crippen LogP contribution in [-0.2, 0) is 0 Å². The molecule has 20 heavy (non-hydrogen) atoms. The summed E-state index contributed by atoms with van der Waals surface area (Å²) >= 11 is 0. The molecule has 0 unspecified atom stereocenters. The highest BCUT2D eigenvalue weighted by molar-refractivity contribution is 5.07. The summed E-state index contributed by atoms with van der Waals surface area (Å²) in [5.74, 6) is 3.85. The van der Waals surface area contributed by atoms with E-state index in [9.17, 15) is 5.11 Å². The quantitative estimate of drug-likeness (QED) is 0.675. The molecule has 0 radical (unpaired) electrons. The van der Waals surface area contributed by atoms with Gasteiger partial charge in [-0.15, -0.1) is 0 Å². The van der Waals surface area contributed by atoms with Gasteiger partial charge in [0.25, 0.3) is 0 Å². The largest absolute Gasteiger partial charge is 0.393 e. The van der Waals surface area contributed by atoms with Gasteiger partial charge in [0.05, 0.1) is 6.10 Å². The summed E-state index contributed by atoms with van der Waals surface area (Å²) in [6, 6.07) is 0. The third kappa shape index (κ3) is 1.77. The van der Waals surface area contributed by atoms with Crippen molar-refractivity contribution < 1.29 is 5.11 Å². The highest BCUT2D eigenvalue weighted by Gasteiger charge is 2.57. The van der Waals surface area contributed by atoms with Crippen molar-refractivity contribution in [2.75, 3.05) is 0 Å². The van der Waals surface area contributed by atoms with Gasteiger partial charge in [0.15, 0.2) is 0 Å². The molecule has 0 bridgehead atoms. The van der Waals surface area contributed by atoms with Crippen LogP contribution in [0.25, 0.3) is 0 Å². The van der Waals surface area contributed by atoms with Crippen LogP contribution < -0.4 is 0 Å². The molecule has 4 saturated carbocycles. The summed E-state index contributed by atoms with van der Waals surface area (Å²) in [6.07, 6.45) is 13.8. The highest BCUT2D eigenvalue weighted by atomic mass is 16.3. The van der Waals surface area contributed by atoms with Crippen molar-refractivity contribution in [1.82, 2.24) is 0 Å². The Kier molecular flexibility index (Phi) is 3.05. The maximum Gasteiger partial charge on any atom is 0.0543 e. The first kappa shape index (κ1) is 13.6. The molecule has 4 fully saturated rings. The van der Waals surface area contributed by atoms with Crippen molar-refractivity contribution in [2.45, 2.75) is 84.2 Å². The summed E-state index contributed by atoms with van der Waals surface area (Å²) in [7, 11) is 0. The molecular formula is C19H32O. The maximum absolute atomic E-state index is 10.0. The summed E-state index contributed by atoms with van der Waals surface area (Å²) in [5, 5.41) is 10.0. The van der Waals surface area contributed by atoms with E-state index in [2.05, 4.69) is 13.8 Å². The van der Waals surface area contributed by atoms with Crippen LogP contribution in [-0.4, -0.2) is 11.2 Å². The van der Waals surface area contributed by atoms with E-state index in [1.807, 2.05) is 0 Å². The average Bonchev–Trinajstić information content (AvgIpc) is 2.81. The number of fused-ring (bicyclic) bond motifs is 5. The topological polar surface area (TPSA) is 20.2 Å². The van der Waals surface area contributed by atoms with Gasteiger partial charge in [-0.25, -0.2) is 0 Å². The van der Waals surface area contributed by atoms with Crippen molar-refractivity contribution in [3.63, 3.8) is 0 Å². The number of aliphatic hydroxyl groups is 1. The van der Waals surface area contributed by atoms with E-state index in [0.717, 1.165) is 36.5 Å². The van der Waals surface area contributed by atoms with Crippen LogP contribution >= 0.6 is 0 Å². The van der Waals surface area contributed by atoms with E-state index in [4.69, 9.17) is 0 Å². The molecule has 0 saturated heterocycles. The molecule has 0 spiro atoms. The monoisotopic (exact) mass is 276 g/mol. The van der Waals surface area contributed by atoms with Gasteiger partial charge < -0.3 is 5.11 Å². The molecule has 0 amide bonds. The lowest BCUT2D eigenvalue weighted by Crippen LogP contribution is -2.53. The van der Waals surface area contributed by atoms with Crippen LogP contribution in [0.3, 0.4) is 0 Å². The molecule has 0 aromatic carbocycles. The minimum absolute atomic E-state index is 0.00459. The second-order valence-corrected chi connectivity index (χ2v) is 9.17. The van der Waals surface area contributed by atoms with Crippen molar-refractivity contribution in [1.29, 1.82) is 0 Å². The molecule has 4 rings (SSSR count). The number of hydrogen-bond acceptors (Lipinski definition) is 1. The fourth-order valence-electron chi connectivity index (χ4n) is 7.23. The Balaban J connectivity index is 1.62. The molecule has 4 aliphatic rings. The van der Waals surface area contributed by atoms with Crippen molar-refractivity contribution in [2.24, 2.45) is 34.5 Å². The molecule has 1 nitrogen and oxygen atoms in total. The van der Waals surface area contributed by atoms with E-state index in [0.29, 0.717) is 10.8 Å². The Bertz CT molecular complexity index is 391. The molecule has 7 atom stereocenters. The zero-order chi connectivity index (χ0) is 14.0. The van der Waals surface area contributed by atoms with Crippen LogP contribution in [0.4, 0.5) is 0 Å². The first-order valence-electron chi connectivity index (χ1n) is 9.21. The zero-order valence-corrected chi connectivity index (χ0v) is 13.4. The fourth-order valence-corrected chi connectivity index (χ4v) is 7.23. The minimum Gasteiger partial charge on any atom is -0.393 e. The Morgan fingerprint density at radius 3 is 2.55 bits per heavy atom. The maximum atomic E-state index is 10.0. The van der Waals surface area contributed by atoms with Crippen LogP contribution in [0.15, 0.2) is 0 Å². The summed E-state index contributed by atoms with van der Waals surface area (Å²) in [5.41, 5.74) is 1.25. The van der Waals surface area contributed by atoms with Crippen LogP contribution in [0.1, 0.15) is 78.1 Å². The Hall–Kier alpha value is -0.0400. The van der Waals surface area contributed by atoms with Gasteiger partial charge in [-0.3, -0.25) is 0 Å². The van der Waals surface area contributed by atoms with E-state index in [1.54, 1.807) is 0 Å². The van der Waals surface area contributed by atoms with E-state index in [-0.39, 0.29) is 6.10 Å². The number of rotatable bonds is 0. The summed E-state index contributed by atoms with van der Waals surface area (Å²) in [4.78, 5) is 0. The lowest BCUT2D eigenvalue weighted by Gasteiger charge is -2.60. The van der Waals surface area contributed by atoms with Gasteiger partial charge in [0.1, 0.15) is 0 Å². The second kappa shape index (κ2) is 4.48. The predicted octanol–water partition coefficient (Wildman–Crippen LogP) is 4.78. The van der Waals surface area contributed by atoms with Gasteiger partial charge in [-0.2, -0.15) is 0 Å². The Labute approximate surface area is 124 Å². The van der Waals surface area contributed by atoms with Crippen LogP contribution in [0, 0.1) is 34.5 Å². The van der Waals surface area contributed by atoms with E-state index >= 15 is 0 Å². The van der Waals surface area contributed by atoms with Crippen molar-refractivity contribution >= 4 is 0 Å². The van der Waals surface area contributed by atoms with E-state index in [1.165, 1.54) is 51.4 Å². The molecule has 1 heteroatoms. The molecule has 0 aromatic heterocycles. The third-order valence-electron chi connectivity index (χ3n) is 8.42. The van der Waals surface area contributed by atoms with Gasteiger partial charge in [-0.1, -0.05) is 20.3 Å². The third-order valence-corrected chi connectivity index (χ3v) is 8.42. The molecule has 114 valence electrons. The van der Waals surface area contributed by atoms with E-state index < -0.39 is 0 Å². The minimum atomic E-state index is 0.00459. The molecule has 0 aromatic rings. The first-order chi connectivity index (χ1) is 9.53. The van der Waals surface area contributed by atoms with Crippen molar-refractivity contribution in [3.8, 4) is 0 Å². The summed E-state index contributed by atoms with van der Waals surface area (Å²) < 4.78 is 0. The molecule has 4 aliphatic carbocycles. The molecule has 0 heterocycles. The van der Waals surface area contributed by atoms with Crippen LogP contribution in [0.5, 0.6) is 0 Å². The Morgan fingerprint density at radius 1 is 0.850 bits per heavy atom. The second-order valence-electron chi connectivity index (χ2n) is 9.17. The lowest BCUT2D eigenvalue weighted by molar-refractivity contribution is -0.120. The Morgan fingerprint density at radius 2 is 1.70 bits per heavy atom. The van der Waals surface area contributed by atoms with Gasteiger partial charge in [0.2, 0.25) is 0 Å².